The highest BCUT2D eigenvalue weighted by Crippen LogP contribution is 2.40. The van der Waals surface area contributed by atoms with Crippen LogP contribution in [0.25, 0.3) is 0 Å². The number of fused-ring (bicyclic) bond motifs is 2. The molecule has 5 nitrogen and oxygen atoms in total. The Morgan fingerprint density at radius 3 is 2.38 bits per heavy atom. The average molecular weight is 302 g/mol. The van der Waals surface area contributed by atoms with Gasteiger partial charge in [-0.1, -0.05) is 0 Å². The molecule has 0 spiro atoms. The fourth-order valence-corrected chi connectivity index (χ4v) is 3.34. The predicted octanol–water partition coefficient (Wildman–Crippen LogP) is 2.03. The van der Waals surface area contributed by atoms with Crippen LogP contribution in [0.1, 0.15) is 31.5 Å². The van der Waals surface area contributed by atoms with Gasteiger partial charge in [-0.3, -0.25) is 0 Å². The van der Waals surface area contributed by atoms with Crippen molar-refractivity contribution in [1.29, 1.82) is 0 Å². The van der Waals surface area contributed by atoms with Crippen LogP contribution in [0.4, 0.5) is 24.8 Å². The zero-order valence-electron chi connectivity index (χ0n) is 11.6. The molecule has 116 valence electrons. The molecule has 2 aliphatic heterocycles. The summed E-state index contributed by atoms with van der Waals surface area (Å²) in [4.78, 5) is 9.11. The number of halogens is 3. The topological polar surface area (TPSA) is 61.3 Å². The van der Waals surface area contributed by atoms with Crippen molar-refractivity contribution in [3.63, 3.8) is 0 Å². The Kier molecular flexibility index (Phi) is 3.43. The molecule has 0 aliphatic carbocycles. The smallest absolute Gasteiger partial charge is 0.393 e. The van der Waals surface area contributed by atoms with E-state index in [-0.39, 0.29) is 24.0 Å². The molecule has 0 aromatic carbocycles. The second kappa shape index (κ2) is 5.01. The number of nitrogens with one attached hydrogen (secondary N) is 1. The lowest BCUT2D eigenvalue weighted by atomic mass is 10.00. The molecule has 2 fully saturated rings. The third kappa shape index (κ3) is 2.64. The van der Waals surface area contributed by atoms with Crippen molar-refractivity contribution in [3.05, 3.63) is 11.9 Å². The van der Waals surface area contributed by atoms with Crippen LogP contribution in [-0.2, 0) is 6.18 Å². The quantitative estimate of drug-likeness (QED) is 0.875. The lowest BCUT2D eigenvalue weighted by Gasteiger charge is -2.38. The van der Waals surface area contributed by atoms with Gasteiger partial charge in [-0.05, 0) is 25.7 Å². The Morgan fingerprint density at radius 1 is 1.24 bits per heavy atom. The number of alkyl halides is 3. The Labute approximate surface area is 120 Å². The molecule has 2 aliphatic rings. The van der Waals surface area contributed by atoms with E-state index in [1.54, 1.807) is 0 Å². The predicted molar refractivity (Wildman–Crippen MR) is 71.1 cm³/mol. The molecule has 0 amide bonds. The summed E-state index contributed by atoms with van der Waals surface area (Å²) in [6.45, 7) is 0. The van der Waals surface area contributed by atoms with Crippen LogP contribution >= 0.6 is 0 Å². The molecule has 2 saturated heterocycles. The highest BCUT2D eigenvalue weighted by atomic mass is 19.4. The molecule has 2 N–H and O–H groups in total. The molecule has 2 unspecified atom stereocenters. The second-order valence-corrected chi connectivity index (χ2v) is 5.60. The molecule has 3 rings (SSSR count). The maximum absolute atomic E-state index is 12.9. The highest BCUT2D eigenvalue weighted by Gasteiger charge is 2.42. The zero-order chi connectivity index (χ0) is 15.2. The van der Waals surface area contributed by atoms with Gasteiger partial charge in [-0.2, -0.15) is 13.2 Å². The Morgan fingerprint density at radius 2 is 1.86 bits per heavy atom. The van der Waals surface area contributed by atoms with Crippen LogP contribution in [0.2, 0.25) is 0 Å². The third-order valence-electron chi connectivity index (χ3n) is 4.20. The van der Waals surface area contributed by atoms with Crippen LogP contribution in [0.5, 0.6) is 0 Å². The van der Waals surface area contributed by atoms with Crippen molar-refractivity contribution in [2.45, 2.75) is 50.0 Å². The van der Waals surface area contributed by atoms with E-state index in [1.165, 1.54) is 13.1 Å². The summed E-state index contributed by atoms with van der Waals surface area (Å²) in [6.07, 6.45) is -2.03. The van der Waals surface area contributed by atoms with E-state index in [4.69, 9.17) is 0 Å². The number of anilines is 2. The van der Waals surface area contributed by atoms with E-state index in [2.05, 4.69) is 15.3 Å². The maximum Gasteiger partial charge on any atom is 0.451 e. The third-order valence-corrected chi connectivity index (χ3v) is 4.20. The Hall–Kier alpha value is -1.57. The molecule has 1 aromatic rings. The summed E-state index contributed by atoms with van der Waals surface area (Å²) >= 11 is 0. The van der Waals surface area contributed by atoms with E-state index >= 15 is 0 Å². The van der Waals surface area contributed by atoms with Crippen LogP contribution in [0.3, 0.4) is 0 Å². The number of hydrogen-bond donors (Lipinski definition) is 2. The summed E-state index contributed by atoms with van der Waals surface area (Å²) in [5.74, 6) is -0.686. The van der Waals surface area contributed by atoms with Gasteiger partial charge in [0.25, 0.3) is 0 Å². The maximum atomic E-state index is 12.9. The summed E-state index contributed by atoms with van der Waals surface area (Å²) in [7, 11) is 1.53. The van der Waals surface area contributed by atoms with Gasteiger partial charge in [-0.25, -0.2) is 9.97 Å². The molecule has 1 aromatic heterocycles. The molecule has 8 heteroatoms. The number of aliphatic hydroxyl groups is 1. The molecule has 21 heavy (non-hydrogen) atoms. The fourth-order valence-electron chi connectivity index (χ4n) is 3.34. The standard InChI is InChI=1S/C13H17F3N4O/c1-17-10-6-11(19-12(18-10)13(14,15)16)20-7-2-3-8(20)5-9(21)4-7/h6-9,21H,2-5H2,1H3,(H,17,18,19). The average Bonchev–Trinajstić information content (AvgIpc) is 2.69. The molecule has 2 bridgehead atoms. The number of nitrogens with zero attached hydrogens (tertiary/aromatic N) is 3. The number of rotatable bonds is 2. The first-order valence-electron chi connectivity index (χ1n) is 6.99. The zero-order valence-corrected chi connectivity index (χ0v) is 11.6. The van der Waals surface area contributed by atoms with Crippen LogP contribution in [0.15, 0.2) is 6.07 Å². The monoisotopic (exact) mass is 302 g/mol. The summed E-state index contributed by atoms with van der Waals surface area (Å²) in [5, 5.41) is 12.4. The second-order valence-electron chi connectivity index (χ2n) is 5.60. The van der Waals surface area contributed by atoms with Gasteiger partial charge in [0.15, 0.2) is 0 Å². The van der Waals surface area contributed by atoms with Gasteiger partial charge in [0.05, 0.1) is 6.10 Å². The first-order valence-corrected chi connectivity index (χ1v) is 6.99. The Balaban J connectivity index is 1.99. The minimum Gasteiger partial charge on any atom is -0.393 e. The van der Waals surface area contributed by atoms with Gasteiger partial charge < -0.3 is 15.3 Å². The van der Waals surface area contributed by atoms with E-state index in [0.29, 0.717) is 18.7 Å². The van der Waals surface area contributed by atoms with Gasteiger partial charge in [-0.15, -0.1) is 0 Å². The minimum atomic E-state index is -4.57. The van der Waals surface area contributed by atoms with Gasteiger partial charge in [0.1, 0.15) is 11.6 Å². The van der Waals surface area contributed by atoms with Crippen LogP contribution in [0, 0.1) is 0 Å². The van der Waals surface area contributed by atoms with Gasteiger partial charge in [0, 0.05) is 25.2 Å². The molecule has 0 radical (unpaired) electrons. The summed E-state index contributed by atoms with van der Waals surface area (Å²) in [6, 6.07) is 1.65. The molecule has 0 saturated carbocycles. The first-order chi connectivity index (χ1) is 9.88. The fraction of sp³-hybridized carbons (Fsp3) is 0.692. The largest absolute Gasteiger partial charge is 0.451 e. The Bertz CT molecular complexity index is 523. The minimum absolute atomic E-state index is 0.0550. The van der Waals surface area contributed by atoms with Crippen molar-refractivity contribution in [3.8, 4) is 0 Å². The van der Waals surface area contributed by atoms with Crippen molar-refractivity contribution in [2.75, 3.05) is 17.3 Å². The van der Waals surface area contributed by atoms with Crippen LogP contribution in [-0.4, -0.2) is 40.3 Å². The summed E-state index contributed by atoms with van der Waals surface area (Å²) in [5.41, 5.74) is 0. The van der Waals surface area contributed by atoms with Crippen molar-refractivity contribution in [1.82, 2.24) is 9.97 Å². The lowest BCUT2D eigenvalue weighted by molar-refractivity contribution is -0.144. The van der Waals surface area contributed by atoms with E-state index < -0.39 is 12.0 Å². The molecular formula is C13H17F3N4O. The molecule has 2 atom stereocenters. The lowest BCUT2D eigenvalue weighted by Crippen LogP contribution is -2.45. The first kappa shape index (κ1) is 14.4. The van der Waals surface area contributed by atoms with Crippen molar-refractivity contribution in [2.24, 2.45) is 0 Å². The van der Waals surface area contributed by atoms with E-state index in [9.17, 15) is 18.3 Å². The van der Waals surface area contributed by atoms with E-state index in [1.807, 2.05) is 4.90 Å². The number of aromatic nitrogens is 2. The molecular weight excluding hydrogens is 285 g/mol. The normalized spacial score (nSPS) is 28.8. The van der Waals surface area contributed by atoms with Crippen molar-refractivity contribution >= 4 is 11.6 Å². The van der Waals surface area contributed by atoms with Gasteiger partial charge >= 0.3 is 6.18 Å². The number of hydrogen-bond acceptors (Lipinski definition) is 5. The SMILES string of the molecule is CNc1cc(N2C3CCC2CC(O)C3)nc(C(F)(F)F)n1. The molecule has 3 heterocycles. The van der Waals surface area contributed by atoms with Crippen molar-refractivity contribution < 1.29 is 18.3 Å². The number of piperidine rings is 1. The van der Waals surface area contributed by atoms with Crippen LogP contribution < -0.4 is 10.2 Å². The van der Waals surface area contributed by atoms with E-state index in [0.717, 1.165) is 12.8 Å². The van der Waals surface area contributed by atoms with Gasteiger partial charge in [0.2, 0.25) is 5.82 Å². The number of aliphatic hydroxyl groups excluding tert-OH is 1. The highest BCUT2D eigenvalue weighted by molar-refractivity contribution is 5.52. The summed E-state index contributed by atoms with van der Waals surface area (Å²) < 4.78 is 38.7.